The van der Waals surface area contributed by atoms with E-state index in [9.17, 15) is 0 Å². The van der Waals surface area contributed by atoms with Gasteiger partial charge in [0.25, 0.3) is 0 Å². The largest absolute Gasteiger partial charge is 0.489 e. The fourth-order valence-corrected chi connectivity index (χ4v) is 2.26. The molecule has 0 radical (unpaired) electrons. The quantitative estimate of drug-likeness (QED) is 0.719. The monoisotopic (exact) mass is 321 g/mol. The molecule has 0 bridgehead atoms. The van der Waals surface area contributed by atoms with E-state index in [1.165, 1.54) is 0 Å². The van der Waals surface area contributed by atoms with Gasteiger partial charge in [0.15, 0.2) is 0 Å². The molecule has 0 unspecified atom stereocenters. The first-order valence-corrected chi connectivity index (χ1v) is 7.70. The van der Waals surface area contributed by atoms with Gasteiger partial charge in [-0.3, -0.25) is 0 Å². The van der Waals surface area contributed by atoms with Crippen molar-refractivity contribution in [2.75, 3.05) is 12.4 Å². The fraction of sp³-hybridized carbons (Fsp3) is 0.158. The second-order valence-corrected chi connectivity index (χ2v) is 5.15. The Bertz CT molecular complexity index is 778. The highest BCUT2D eigenvalue weighted by molar-refractivity contribution is 5.34. The third-order valence-electron chi connectivity index (χ3n) is 3.53. The van der Waals surface area contributed by atoms with E-state index in [0.717, 1.165) is 16.9 Å². The summed E-state index contributed by atoms with van der Waals surface area (Å²) in [4.78, 5) is 8.45. The molecule has 0 aliphatic heterocycles. The van der Waals surface area contributed by atoms with Gasteiger partial charge in [0.05, 0.1) is 7.11 Å². The van der Waals surface area contributed by atoms with Crippen molar-refractivity contribution in [1.29, 1.82) is 0 Å². The molecule has 3 rings (SSSR count). The van der Waals surface area contributed by atoms with Crippen LogP contribution in [-0.2, 0) is 13.2 Å². The minimum atomic E-state index is 0.515. The van der Waals surface area contributed by atoms with Crippen molar-refractivity contribution in [1.82, 2.24) is 9.97 Å². The fourth-order valence-electron chi connectivity index (χ4n) is 2.26. The van der Waals surface area contributed by atoms with Crippen molar-refractivity contribution in [2.24, 2.45) is 0 Å². The van der Waals surface area contributed by atoms with Crippen molar-refractivity contribution in [3.05, 3.63) is 78.0 Å². The zero-order chi connectivity index (χ0) is 16.6. The van der Waals surface area contributed by atoms with Crippen molar-refractivity contribution >= 4 is 5.95 Å². The predicted molar refractivity (Wildman–Crippen MR) is 93.1 cm³/mol. The summed E-state index contributed by atoms with van der Waals surface area (Å²) in [6.07, 6.45) is 1.67. The minimum absolute atomic E-state index is 0.515. The highest BCUT2D eigenvalue weighted by Gasteiger charge is 2.05. The molecule has 0 amide bonds. The molecule has 0 atom stereocenters. The van der Waals surface area contributed by atoms with Crippen LogP contribution in [0.1, 0.15) is 11.1 Å². The maximum atomic E-state index is 5.84. The van der Waals surface area contributed by atoms with Crippen LogP contribution in [0.4, 0.5) is 5.95 Å². The zero-order valence-corrected chi connectivity index (χ0v) is 13.5. The molecule has 0 spiro atoms. The summed E-state index contributed by atoms with van der Waals surface area (Å²) < 4.78 is 10.9. The second kappa shape index (κ2) is 7.97. The van der Waals surface area contributed by atoms with E-state index in [-0.39, 0.29) is 0 Å². The standard InChI is InChI=1S/C19H19N3O2/c1-23-18-11-12-20-19(22-18)21-13-15-7-5-6-8-16(15)14-24-17-9-3-2-4-10-17/h2-12H,13-14H2,1H3,(H,20,21,22). The van der Waals surface area contributed by atoms with Crippen LogP contribution < -0.4 is 14.8 Å². The van der Waals surface area contributed by atoms with Gasteiger partial charge in [-0.15, -0.1) is 0 Å². The predicted octanol–water partition coefficient (Wildman–Crippen LogP) is 3.68. The molecule has 0 fully saturated rings. The number of anilines is 1. The molecular formula is C19H19N3O2. The molecule has 3 aromatic rings. The van der Waals surface area contributed by atoms with Gasteiger partial charge < -0.3 is 14.8 Å². The summed E-state index contributed by atoms with van der Waals surface area (Å²) in [6, 6.07) is 19.7. The van der Waals surface area contributed by atoms with Gasteiger partial charge in [-0.25, -0.2) is 4.98 Å². The number of benzene rings is 2. The number of hydrogen-bond acceptors (Lipinski definition) is 5. The van der Waals surface area contributed by atoms with Gasteiger partial charge in [0.2, 0.25) is 11.8 Å². The highest BCUT2D eigenvalue weighted by Crippen LogP contribution is 2.16. The Morgan fingerprint density at radius 3 is 2.46 bits per heavy atom. The lowest BCUT2D eigenvalue weighted by atomic mass is 10.1. The number of nitrogens with zero attached hydrogens (tertiary/aromatic N) is 2. The lowest BCUT2D eigenvalue weighted by Gasteiger charge is -2.12. The van der Waals surface area contributed by atoms with Crippen molar-refractivity contribution in [2.45, 2.75) is 13.2 Å². The average molecular weight is 321 g/mol. The Labute approximate surface area is 141 Å². The lowest BCUT2D eigenvalue weighted by molar-refractivity contribution is 0.305. The Hall–Kier alpha value is -3.08. The molecule has 122 valence electrons. The lowest BCUT2D eigenvalue weighted by Crippen LogP contribution is -2.07. The molecule has 1 N–H and O–H groups in total. The third kappa shape index (κ3) is 4.23. The van der Waals surface area contributed by atoms with E-state index in [1.807, 2.05) is 42.5 Å². The van der Waals surface area contributed by atoms with Crippen LogP contribution in [0.5, 0.6) is 11.6 Å². The van der Waals surface area contributed by atoms with Crippen LogP contribution in [0.25, 0.3) is 0 Å². The normalized spacial score (nSPS) is 10.2. The molecule has 24 heavy (non-hydrogen) atoms. The van der Waals surface area contributed by atoms with Crippen molar-refractivity contribution in [3.8, 4) is 11.6 Å². The molecule has 0 aliphatic rings. The molecule has 0 saturated carbocycles. The van der Waals surface area contributed by atoms with Crippen molar-refractivity contribution in [3.63, 3.8) is 0 Å². The maximum absolute atomic E-state index is 5.84. The first-order chi connectivity index (χ1) is 11.8. The minimum Gasteiger partial charge on any atom is -0.489 e. The van der Waals surface area contributed by atoms with Gasteiger partial charge in [0, 0.05) is 18.8 Å². The molecule has 5 heteroatoms. The van der Waals surface area contributed by atoms with E-state index >= 15 is 0 Å². The first kappa shape index (κ1) is 15.8. The molecule has 1 heterocycles. The topological polar surface area (TPSA) is 56.3 Å². The van der Waals surface area contributed by atoms with Gasteiger partial charge in [-0.2, -0.15) is 4.98 Å². The summed E-state index contributed by atoms with van der Waals surface area (Å²) >= 11 is 0. The summed E-state index contributed by atoms with van der Waals surface area (Å²) in [7, 11) is 1.59. The maximum Gasteiger partial charge on any atom is 0.226 e. The zero-order valence-electron chi connectivity index (χ0n) is 13.5. The highest BCUT2D eigenvalue weighted by atomic mass is 16.5. The molecule has 0 aliphatic carbocycles. The number of nitrogens with one attached hydrogen (secondary N) is 1. The third-order valence-corrected chi connectivity index (χ3v) is 3.53. The van der Waals surface area contributed by atoms with Gasteiger partial charge in [0.1, 0.15) is 12.4 Å². The van der Waals surface area contributed by atoms with Crippen LogP contribution in [0.15, 0.2) is 66.9 Å². The number of hydrogen-bond donors (Lipinski definition) is 1. The van der Waals surface area contributed by atoms with E-state index < -0.39 is 0 Å². The van der Waals surface area contributed by atoms with Gasteiger partial charge >= 0.3 is 0 Å². The summed E-state index contributed by atoms with van der Waals surface area (Å²) in [5.41, 5.74) is 2.26. The number of methoxy groups -OCH3 is 1. The number of aromatic nitrogens is 2. The molecule has 2 aromatic carbocycles. The Kier molecular flexibility index (Phi) is 5.24. The molecular weight excluding hydrogens is 302 g/mol. The van der Waals surface area contributed by atoms with Gasteiger partial charge in [-0.1, -0.05) is 42.5 Å². The summed E-state index contributed by atoms with van der Waals surface area (Å²) in [6.45, 7) is 1.13. The van der Waals surface area contributed by atoms with E-state index in [4.69, 9.17) is 9.47 Å². The molecule has 5 nitrogen and oxygen atoms in total. The smallest absolute Gasteiger partial charge is 0.226 e. The summed E-state index contributed by atoms with van der Waals surface area (Å²) in [5, 5.41) is 3.22. The summed E-state index contributed by atoms with van der Waals surface area (Å²) in [5.74, 6) is 1.93. The number of para-hydroxylation sites is 1. The molecule has 1 aromatic heterocycles. The Balaban J connectivity index is 1.65. The molecule has 0 saturated heterocycles. The van der Waals surface area contributed by atoms with Gasteiger partial charge in [-0.05, 0) is 23.3 Å². The second-order valence-electron chi connectivity index (χ2n) is 5.15. The SMILES string of the molecule is COc1ccnc(NCc2ccccc2COc2ccccc2)n1. The Morgan fingerprint density at radius 1 is 0.917 bits per heavy atom. The number of ether oxygens (including phenoxy) is 2. The van der Waals surface area contributed by atoms with Crippen LogP contribution in [0.3, 0.4) is 0 Å². The van der Waals surface area contributed by atoms with E-state index in [1.54, 1.807) is 19.4 Å². The van der Waals surface area contributed by atoms with Crippen LogP contribution in [-0.4, -0.2) is 17.1 Å². The van der Waals surface area contributed by atoms with Crippen LogP contribution in [0.2, 0.25) is 0 Å². The van der Waals surface area contributed by atoms with E-state index in [0.29, 0.717) is 25.0 Å². The van der Waals surface area contributed by atoms with Crippen LogP contribution >= 0.6 is 0 Å². The average Bonchev–Trinajstić information content (AvgIpc) is 2.66. The first-order valence-electron chi connectivity index (χ1n) is 7.70. The Morgan fingerprint density at radius 2 is 1.67 bits per heavy atom. The van der Waals surface area contributed by atoms with Crippen molar-refractivity contribution < 1.29 is 9.47 Å². The van der Waals surface area contributed by atoms with E-state index in [2.05, 4.69) is 27.4 Å². The number of rotatable bonds is 7. The van der Waals surface area contributed by atoms with Crippen LogP contribution in [0, 0.1) is 0 Å².